The number of aromatic nitrogens is 2. The summed E-state index contributed by atoms with van der Waals surface area (Å²) in [5.41, 5.74) is 6.83. The molecular formula is C18H23N5OS. The standard InChI is InChI=1S/C18H23N5OS/c1-13-17(14(2)23(22-13)15-7-4-3-5-8-15)12-20-21-18(25)19-11-16-9-6-10-24-16/h3-5,7-8,12,16H,6,9-11H2,1-2H3,(H2,19,21,25)/b20-12-/t16-/m1/s1. The molecule has 25 heavy (non-hydrogen) atoms. The van der Waals surface area contributed by atoms with Gasteiger partial charge < -0.3 is 10.1 Å². The lowest BCUT2D eigenvalue weighted by atomic mass is 10.2. The topological polar surface area (TPSA) is 63.5 Å². The average Bonchev–Trinajstić information content (AvgIpc) is 3.24. The van der Waals surface area contributed by atoms with Crippen LogP contribution in [0.15, 0.2) is 35.4 Å². The SMILES string of the molecule is Cc1nn(-c2ccccc2)c(C)c1/C=N\NC(=S)NC[C@H]1CCCO1. The van der Waals surface area contributed by atoms with Gasteiger partial charge in [-0.1, -0.05) is 18.2 Å². The van der Waals surface area contributed by atoms with Gasteiger partial charge in [-0.25, -0.2) is 4.68 Å². The Morgan fingerprint density at radius 3 is 2.92 bits per heavy atom. The molecule has 132 valence electrons. The van der Waals surface area contributed by atoms with E-state index in [9.17, 15) is 0 Å². The van der Waals surface area contributed by atoms with Crippen molar-refractivity contribution < 1.29 is 4.74 Å². The molecule has 0 radical (unpaired) electrons. The van der Waals surface area contributed by atoms with E-state index in [1.54, 1.807) is 6.21 Å². The zero-order chi connectivity index (χ0) is 17.6. The van der Waals surface area contributed by atoms with Crippen molar-refractivity contribution in [2.24, 2.45) is 5.10 Å². The van der Waals surface area contributed by atoms with Gasteiger partial charge in [-0.3, -0.25) is 5.43 Å². The van der Waals surface area contributed by atoms with Crippen LogP contribution < -0.4 is 10.7 Å². The number of nitrogens with one attached hydrogen (secondary N) is 2. The maximum absolute atomic E-state index is 5.55. The summed E-state index contributed by atoms with van der Waals surface area (Å²) in [6.45, 7) is 5.56. The number of benzene rings is 1. The lowest BCUT2D eigenvalue weighted by Crippen LogP contribution is -2.37. The summed E-state index contributed by atoms with van der Waals surface area (Å²) >= 11 is 5.24. The summed E-state index contributed by atoms with van der Waals surface area (Å²) in [5, 5.41) is 12.5. The maximum atomic E-state index is 5.55. The Labute approximate surface area is 153 Å². The molecule has 2 N–H and O–H groups in total. The molecule has 0 unspecified atom stereocenters. The largest absolute Gasteiger partial charge is 0.376 e. The molecule has 2 aromatic rings. The van der Waals surface area contributed by atoms with Crippen molar-refractivity contribution in [1.82, 2.24) is 20.5 Å². The number of hydrazone groups is 1. The predicted octanol–water partition coefficient (Wildman–Crippen LogP) is 2.47. The number of hydrogen-bond donors (Lipinski definition) is 2. The molecular weight excluding hydrogens is 334 g/mol. The van der Waals surface area contributed by atoms with E-state index >= 15 is 0 Å². The number of rotatable bonds is 5. The molecule has 6 nitrogen and oxygen atoms in total. The van der Waals surface area contributed by atoms with Gasteiger partial charge >= 0.3 is 0 Å². The highest BCUT2D eigenvalue weighted by Crippen LogP contribution is 2.16. The molecule has 0 bridgehead atoms. The summed E-state index contributed by atoms with van der Waals surface area (Å²) in [4.78, 5) is 0. The molecule has 1 saturated heterocycles. The Hall–Kier alpha value is -2.25. The summed E-state index contributed by atoms with van der Waals surface area (Å²) in [7, 11) is 0. The van der Waals surface area contributed by atoms with Crippen LogP contribution in [-0.2, 0) is 4.74 Å². The van der Waals surface area contributed by atoms with Crippen LogP contribution in [0.3, 0.4) is 0 Å². The normalized spacial score (nSPS) is 17.1. The number of thiocarbonyl (C=S) groups is 1. The lowest BCUT2D eigenvalue weighted by Gasteiger charge is -2.11. The Bertz CT molecular complexity index is 750. The Morgan fingerprint density at radius 2 is 2.20 bits per heavy atom. The van der Waals surface area contributed by atoms with Gasteiger partial charge in [0.2, 0.25) is 0 Å². The summed E-state index contributed by atoms with van der Waals surface area (Å²) in [6.07, 6.45) is 4.21. The fourth-order valence-corrected chi connectivity index (χ4v) is 3.01. The molecule has 2 heterocycles. The van der Waals surface area contributed by atoms with E-state index in [4.69, 9.17) is 17.0 Å². The Morgan fingerprint density at radius 1 is 1.40 bits per heavy atom. The van der Waals surface area contributed by atoms with E-state index in [-0.39, 0.29) is 6.10 Å². The molecule has 0 saturated carbocycles. The first kappa shape index (κ1) is 17.6. The zero-order valence-electron chi connectivity index (χ0n) is 14.5. The molecule has 1 atom stereocenters. The van der Waals surface area contributed by atoms with Crippen LogP contribution in [0.1, 0.15) is 29.8 Å². The molecule has 1 aromatic heterocycles. The second kappa shape index (κ2) is 8.22. The summed E-state index contributed by atoms with van der Waals surface area (Å²) in [6, 6.07) is 10.1. The van der Waals surface area contributed by atoms with Gasteiger partial charge in [-0.05, 0) is 51.0 Å². The van der Waals surface area contributed by atoms with Gasteiger partial charge in [-0.15, -0.1) is 0 Å². The number of ether oxygens (including phenoxy) is 1. The minimum absolute atomic E-state index is 0.248. The van der Waals surface area contributed by atoms with Crippen molar-refractivity contribution in [3.8, 4) is 5.69 Å². The number of nitrogens with zero attached hydrogens (tertiary/aromatic N) is 3. The molecule has 1 aromatic carbocycles. The Balaban J connectivity index is 1.59. The number of para-hydroxylation sites is 1. The zero-order valence-corrected chi connectivity index (χ0v) is 15.3. The first-order valence-electron chi connectivity index (χ1n) is 8.45. The molecule has 1 aliphatic heterocycles. The molecule has 0 aliphatic carbocycles. The minimum Gasteiger partial charge on any atom is -0.376 e. The smallest absolute Gasteiger partial charge is 0.187 e. The van der Waals surface area contributed by atoms with Crippen molar-refractivity contribution in [2.75, 3.05) is 13.2 Å². The van der Waals surface area contributed by atoms with Crippen LogP contribution in [0.4, 0.5) is 0 Å². The highest BCUT2D eigenvalue weighted by atomic mass is 32.1. The van der Waals surface area contributed by atoms with E-state index in [1.807, 2.05) is 48.9 Å². The second-order valence-electron chi connectivity index (χ2n) is 6.05. The molecule has 1 aliphatic rings. The fraction of sp³-hybridized carbons (Fsp3) is 0.389. The van der Waals surface area contributed by atoms with Crippen molar-refractivity contribution in [1.29, 1.82) is 0 Å². The lowest BCUT2D eigenvalue weighted by molar-refractivity contribution is 0.114. The quantitative estimate of drug-likeness (QED) is 0.489. The maximum Gasteiger partial charge on any atom is 0.187 e. The van der Waals surface area contributed by atoms with E-state index in [2.05, 4.69) is 20.9 Å². The summed E-state index contributed by atoms with van der Waals surface area (Å²) in [5.74, 6) is 0. The first-order valence-corrected chi connectivity index (χ1v) is 8.86. The van der Waals surface area contributed by atoms with Crippen LogP contribution in [-0.4, -0.2) is 40.4 Å². The molecule has 1 fully saturated rings. The van der Waals surface area contributed by atoms with Gasteiger partial charge in [0.25, 0.3) is 0 Å². The van der Waals surface area contributed by atoms with E-state index in [1.165, 1.54) is 0 Å². The summed E-state index contributed by atoms with van der Waals surface area (Å²) < 4.78 is 7.48. The molecule has 7 heteroatoms. The second-order valence-corrected chi connectivity index (χ2v) is 6.46. The van der Waals surface area contributed by atoms with E-state index in [0.29, 0.717) is 11.7 Å². The number of aryl methyl sites for hydroxylation is 1. The third kappa shape index (κ3) is 4.43. The number of hydrogen-bond acceptors (Lipinski definition) is 4. The van der Waals surface area contributed by atoms with Gasteiger partial charge in [0.15, 0.2) is 5.11 Å². The van der Waals surface area contributed by atoms with Gasteiger partial charge in [0.05, 0.1) is 29.4 Å². The highest BCUT2D eigenvalue weighted by molar-refractivity contribution is 7.80. The van der Waals surface area contributed by atoms with Gasteiger partial charge in [0, 0.05) is 18.7 Å². The minimum atomic E-state index is 0.248. The van der Waals surface area contributed by atoms with Crippen molar-refractivity contribution in [3.05, 3.63) is 47.3 Å². The van der Waals surface area contributed by atoms with Crippen molar-refractivity contribution in [2.45, 2.75) is 32.8 Å². The average molecular weight is 357 g/mol. The van der Waals surface area contributed by atoms with Crippen LogP contribution in [0.5, 0.6) is 0 Å². The molecule has 0 amide bonds. The Kier molecular flexibility index (Phi) is 5.78. The van der Waals surface area contributed by atoms with Crippen LogP contribution in [0.2, 0.25) is 0 Å². The third-order valence-corrected chi connectivity index (χ3v) is 4.46. The van der Waals surface area contributed by atoms with Crippen LogP contribution in [0.25, 0.3) is 5.69 Å². The highest BCUT2D eigenvalue weighted by Gasteiger charge is 2.15. The van der Waals surface area contributed by atoms with Crippen LogP contribution >= 0.6 is 12.2 Å². The van der Waals surface area contributed by atoms with Gasteiger partial charge in [0.1, 0.15) is 0 Å². The van der Waals surface area contributed by atoms with E-state index < -0.39 is 0 Å². The van der Waals surface area contributed by atoms with Crippen molar-refractivity contribution in [3.63, 3.8) is 0 Å². The van der Waals surface area contributed by atoms with Crippen LogP contribution in [0, 0.1) is 13.8 Å². The van der Waals surface area contributed by atoms with Crippen molar-refractivity contribution >= 4 is 23.5 Å². The molecule has 0 spiro atoms. The fourth-order valence-electron chi connectivity index (χ4n) is 2.87. The third-order valence-electron chi connectivity index (χ3n) is 4.22. The predicted molar refractivity (Wildman–Crippen MR) is 103 cm³/mol. The molecule has 3 rings (SSSR count). The van der Waals surface area contributed by atoms with E-state index in [0.717, 1.165) is 42.1 Å². The monoisotopic (exact) mass is 357 g/mol. The first-order chi connectivity index (χ1) is 12.1. The van der Waals surface area contributed by atoms with Gasteiger partial charge in [-0.2, -0.15) is 10.2 Å².